The van der Waals surface area contributed by atoms with Gasteiger partial charge in [-0.25, -0.2) is 10.2 Å². The Morgan fingerprint density at radius 3 is 2.81 bits per heavy atom. The summed E-state index contributed by atoms with van der Waals surface area (Å²) in [6.45, 7) is 0.409. The van der Waals surface area contributed by atoms with E-state index in [4.69, 9.17) is 10.6 Å². The molecule has 6 heteroatoms. The van der Waals surface area contributed by atoms with E-state index in [2.05, 4.69) is 5.43 Å². The number of thioether (sulfide) groups is 1. The van der Waals surface area contributed by atoms with Crippen LogP contribution in [0.3, 0.4) is 0 Å². The van der Waals surface area contributed by atoms with Crippen LogP contribution in [-0.2, 0) is 0 Å². The van der Waals surface area contributed by atoms with Crippen LogP contribution in [0.15, 0.2) is 53.4 Å². The van der Waals surface area contributed by atoms with Crippen LogP contribution in [0.1, 0.15) is 10.4 Å². The van der Waals surface area contributed by atoms with Crippen LogP contribution in [0.25, 0.3) is 0 Å². The number of ether oxygens (including phenoxy) is 1. The molecule has 0 aliphatic carbocycles. The van der Waals surface area contributed by atoms with Gasteiger partial charge in [0.25, 0.3) is 5.91 Å². The predicted octanol–water partition coefficient (Wildman–Crippen LogP) is 2.60. The van der Waals surface area contributed by atoms with Gasteiger partial charge in [-0.05, 0) is 30.3 Å². The molecule has 0 radical (unpaired) electrons. The van der Waals surface area contributed by atoms with Gasteiger partial charge in [-0.1, -0.05) is 18.2 Å². The second-order valence-electron chi connectivity index (χ2n) is 4.13. The van der Waals surface area contributed by atoms with Crippen molar-refractivity contribution in [1.82, 2.24) is 5.43 Å². The molecule has 0 unspecified atom stereocenters. The molecule has 2 rings (SSSR count). The van der Waals surface area contributed by atoms with Crippen molar-refractivity contribution >= 4 is 17.7 Å². The van der Waals surface area contributed by atoms with Crippen molar-refractivity contribution in [3.63, 3.8) is 0 Å². The van der Waals surface area contributed by atoms with Crippen molar-refractivity contribution < 1.29 is 13.9 Å². The largest absolute Gasteiger partial charge is 0.493 e. The van der Waals surface area contributed by atoms with Gasteiger partial charge < -0.3 is 4.74 Å². The Hall–Kier alpha value is -2.05. The lowest BCUT2D eigenvalue weighted by Crippen LogP contribution is -2.29. The number of hydrogen-bond acceptors (Lipinski definition) is 4. The van der Waals surface area contributed by atoms with Crippen LogP contribution in [0.2, 0.25) is 0 Å². The molecule has 3 N–H and O–H groups in total. The third-order valence-electron chi connectivity index (χ3n) is 2.67. The van der Waals surface area contributed by atoms with Gasteiger partial charge in [0, 0.05) is 16.2 Å². The third-order valence-corrected chi connectivity index (χ3v) is 3.69. The second-order valence-corrected chi connectivity index (χ2v) is 5.27. The van der Waals surface area contributed by atoms with E-state index in [9.17, 15) is 9.18 Å². The van der Waals surface area contributed by atoms with E-state index in [1.54, 1.807) is 42.5 Å². The molecule has 110 valence electrons. The summed E-state index contributed by atoms with van der Waals surface area (Å²) in [5, 5.41) is 0. The minimum Gasteiger partial charge on any atom is -0.493 e. The number of amides is 1. The van der Waals surface area contributed by atoms with Gasteiger partial charge in [-0.2, -0.15) is 0 Å². The molecule has 1 amide bonds. The summed E-state index contributed by atoms with van der Waals surface area (Å²) in [6.07, 6.45) is 0. The molecule has 21 heavy (non-hydrogen) atoms. The van der Waals surface area contributed by atoms with E-state index in [1.807, 2.05) is 0 Å². The number of rotatable bonds is 6. The molecule has 0 atom stereocenters. The first-order valence-electron chi connectivity index (χ1n) is 6.32. The Kier molecular flexibility index (Phi) is 5.59. The monoisotopic (exact) mass is 306 g/mol. The first-order chi connectivity index (χ1) is 10.2. The number of nitrogens with one attached hydrogen (secondary N) is 1. The minimum absolute atomic E-state index is 0.232. The lowest BCUT2D eigenvalue weighted by Gasteiger charge is -2.08. The zero-order chi connectivity index (χ0) is 15.1. The summed E-state index contributed by atoms with van der Waals surface area (Å²) in [5.41, 5.74) is 2.49. The van der Waals surface area contributed by atoms with Crippen molar-refractivity contribution in [3.05, 3.63) is 59.9 Å². The maximum atomic E-state index is 13.4. The van der Waals surface area contributed by atoms with Gasteiger partial charge in [0.05, 0.1) is 6.61 Å². The zero-order valence-corrected chi connectivity index (χ0v) is 12.0. The highest BCUT2D eigenvalue weighted by Crippen LogP contribution is 2.21. The molecule has 2 aromatic carbocycles. The van der Waals surface area contributed by atoms with E-state index >= 15 is 0 Å². The predicted molar refractivity (Wildman–Crippen MR) is 80.7 cm³/mol. The maximum Gasteiger partial charge on any atom is 0.265 e. The summed E-state index contributed by atoms with van der Waals surface area (Å²) < 4.78 is 18.9. The van der Waals surface area contributed by atoms with Gasteiger partial charge in [0.2, 0.25) is 0 Å². The van der Waals surface area contributed by atoms with Crippen molar-refractivity contribution in [1.29, 1.82) is 0 Å². The van der Waals surface area contributed by atoms with Crippen LogP contribution in [0.5, 0.6) is 5.75 Å². The first kappa shape index (κ1) is 15.3. The lowest BCUT2D eigenvalue weighted by molar-refractivity contribution is 0.0953. The highest BCUT2D eigenvalue weighted by molar-refractivity contribution is 7.99. The maximum absolute atomic E-state index is 13.4. The highest BCUT2D eigenvalue weighted by atomic mass is 32.2. The summed E-state index contributed by atoms with van der Waals surface area (Å²) >= 11 is 1.38. The average Bonchev–Trinajstić information content (AvgIpc) is 2.52. The number of nitrogen functional groups attached to an aromatic ring is 1. The van der Waals surface area contributed by atoms with E-state index < -0.39 is 0 Å². The van der Waals surface area contributed by atoms with E-state index in [0.29, 0.717) is 28.6 Å². The molecule has 0 aliphatic heterocycles. The Bertz CT molecular complexity index is 622. The smallest absolute Gasteiger partial charge is 0.265 e. The summed E-state index contributed by atoms with van der Waals surface area (Å²) in [4.78, 5) is 12.0. The molecule has 0 aliphatic rings. The number of hydrogen-bond donors (Lipinski definition) is 2. The summed E-state index contributed by atoms with van der Waals surface area (Å²) in [6, 6.07) is 13.3. The lowest BCUT2D eigenvalue weighted by atomic mass is 10.2. The topological polar surface area (TPSA) is 64.3 Å². The van der Waals surface area contributed by atoms with E-state index in [0.717, 1.165) is 0 Å². The molecule has 0 fully saturated rings. The fourth-order valence-corrected chi connectivity index (χ4v) is 2.45. The molecule has 0 saturated carbocycles. The van der Waals surface area contributed by atoms with E-state index in [-0.39, 0.29) is 11.7 Å². The molecule has 0 bridgehead atoms. The second kappa shape index (κ2) is 7.66. The standard InChI is InChI=1S/C15H15FN2O2S/c16-13-6-1-2-7-14(13)21-9-8-20-12-5-3-4-11(10-12)15(19)18-17/h1-7,10H,8-9,17H2,(H,18,19). The van der Waals surface area contributed by atoms with Crippen LogP contribution in [-0.4, -0.2) is 18.3 Å². The molecular formula is C15H15FN2O2S. The van der Waals surface area contributed by atoms with E-state index in [1.165, 1.54) is 17.8 Å². The Morgan fingerprint density at radius 1 is 1.24 bits per heavy atom. The van der Waals surface area contributed by atoms with Crippen LogP contribution in [0.4, 0.5) is 4.39 Å². The number of halogens is 1. The number of carbonyl (C=O) groups is 1. The number of benzene rings is 2. The molecule has 0 saturated heterocycles. The molecule has 0 spiro atoms. The quantitative estimate of drug-likeness (QED) is 0.283. The number of carbonyl (C=O) groups excluding carboxylic acids is 1. The van der Waals surface area contributed by atoms with Crippen LogP contribution >= 0.6 is 11.8 Å². The van der Waals surface area contributed by atoms with Crippen molar-refractivity contribution in [2.24, 2.45) is 5.84 Å². The SMILES string of the molecule is NNC(=O)c1cccc(OCCSc2ccccc2F)c1. The van der Waals surface area contributed by atoms with Gasteiger partial charge in [0.1, 0.15) is 11.6 Å². The van der Waals surface area contributed by atoms with Crippen molar-refractivity contribution in [3.8, 4) is 5.75 Å². The molecule has 0 aromatic heterocycles. The third kappa shape index (κ3) is 4.47. The average molecular weight is 306 g/mol. The Labute approximate surface area is 126 Å². The first-order valence-corrected chi connectivity index (χ1v) is 7.30. The van der Waals surface area contributed by atoms with Crippen molar-refractivity contribution in [2.75, 3.05) is 12.4 Å². The molecule has 2 aromatic rings. The number of hydrazine groups is 1. The number of nitrogens with two attached hydrogens (primary N) is 1. The van der Waals surface area contributed by atoms with Crippen LogP contribution in [0, 0.1) is 5.82 Å². The Morgan fingerprint density at radius 2 is 2.05 bits per heavy atom. The zero-order valence-electron chi connectivity index (χ0n) is 11.2. The van der Waals surface area contributed by atoms with Gasteiger partial charge in [-0.15, -0.1) is 11.8 Å². The normalized spacial score (nSPS) is 10.2. The minimum atomic E-state index is -0.374. The molecule has 0 heterocycles. The molecule has 4 nitrogen and oxygen atoms in total. The summed E-state index contributed by atoms with van der Waals surface area (Å²) in [7, 11) is 0. The highest BCUT2D eigenvalue weighted by Gasteiger charge is 2.05. The van der Waals surface area contributed by atoms with Gasteiger partial charge >= 0.3 is 0 Å². The van der Waals surface area contributed by atoms with Crippen LogP contribution < -0.4 is 16.0 Å². The Balaban J connectivity index is 1.84. The summed E-state index contributed by atoms with van der Waals surface area (Å²) in [5.74, 6) is 5.65. The fraction of sp³-hybridized carbons (Fsp3) is 0.133. The van der Waals surface area contributed by atoms with Gasteiger partial charge in [0.15, 0.2) is 0 Å². The van der Waals surface area contributed by atoms with Gasteiger partial charge in [-0.3, -0.25) is 10.2 Å². The van der Waals surface area contributed by atoms with Crippen molar-refractivity contribution in [2.45, 2.75) is 4.90 Å². The fourth-order valence-electron chi connectivity index (χ4n) is 1.68. The molecular weight excluding hydrogens is 291 g/mol.